The van der Waals surface area contributed by atoms with E-state index < -0.39 is 10.3 Å². The Kier molecular flexibility index (Phi) is 4.37. The molecule has 0 aromatic heterocycles. The summed E-state index contributed by atoms with van der Waals surface area (Å²) in [7, 11) is -4.27. The fourth-order valence-electron chi connectivity index (χ4n) is 1.81. The van der Waals surface area contributed by atoms with Gasteiger partial charge in [-0.15, -0.1) is 0 Å². The topological polar surface area (TPSA) is 66.4 Å². The fraction of sp³-hybridized carbons (Fsp3) is 0.143. The van der Waals surface area contributed by atoms with Crippen LogP contribution >= 0.6 is 11.8 Å². The minimum Gasteiger partial charge on any atom is -0.269 e. The quantitative estimate of drug-likeness (QED) is 0.846. The molecule has 0 aliphatic heterocycles. The van der Waals surface area contributed by atoms with E-state index >= 15 is 0 Å². The first-order valence-electron chi connectivity index (χ1n) is 5.94. The van der Waals surface area contributed by atoms with Crippen LogP contribution in [-0.4, -0.2) is 13.0 Å². The average molecular weight is 309 g/mol. The molecule has 0 atom stereocenters. The third-order valence-corrected chi connectivity index (χ3v) is 4.41. The van der Waals surface area contributed by atoms with Crippen LogP contribution in [0.2, 0.25) is 0 Å². The number of hydrogen-bond acceptors (Lipinski definition) is 3. The van der Waals surface area contributed by atoms with Crippen molar-refractivity contribution in [3.63, 3.8) is 0 Å². The van der Waals surface area contributed by atoms with E-state index in [-0.39, 0.29) is 0 Å². The molecule has 106 valence electrons. The third-order valence-electron chi connectivity index (χ3n) is 2.68. The minimum absolute atomic E-state index is 0.361. The van der Waals surface area contributed by atoms with Crippen molar-refractivity contribution < 1.29 is 13.0 Å². The first-order chi connectivity index (χ1) is 9.35. The molecule has 2 N–H and O–H groups in total. The van der Waals surface area contributed by atoms with Crippen molar-refractivity contribution in [2.24, 2.45) is 0 Å². The second-order valence-electron chi connectivity index (χ2n) is 4.44. The number of para-hydroxylation sites is 1. The Labute approximate surface area is 123 Å². The molecule has 2 aromatic carbocycles. The van der Waals surface area contributed by atoms with Crippen LogP contribution in [0.3, 0.4) is 0 Å². The van der Waals surface area contributed by atoms with Crippen molar-refractivity contribution >= 4 is 27.8 Å². The van der Waals surface area contributed by atoms with E-state index in [1.165, 1.54) is 17.3 Å². The van der Waals surface area contributed by atoms with Crippen LogP contribution in [0.15, 0.2) is 52.3 Å². The fourth-order valence-corrected chi connectivity index (χ4v) is 3.30. The number of aryl methyl sites for hydroxylation is 2. The molecule has 20 heavy (non-hydrogen) atoms. The van der Waals surface area contributed by atoms with E-state index in [4.69, 9.17) is 4.55 Å². The molecule has 0 spiro atoms. The highest BCUT2D eigenvalue weighted by atomic mass is 32.2. The van der Waals surface area contributed by atoms with Gasteiger partial charge in [-0.1, -0.05) is 41.6 Å². The average Bonchev–Trinajstić information content (AvgIpc) is 2.33. The molecule has 0 heterocycles. The maximum absolute atomic E-state index is 11.0. The first-order valence-corrected chi connectivity index (χ1v) is 8.20. The van der Waals surface area contributed by atoms with E-state index in [0.717, 1.165) is 15.4 Å². The molecule has 4 nitrogen and oxygen atoms in total. The van der Waals surface area contributed by atoms with Crippen molar-refractivity contribution in [3.05, 3.63) is 53.6 Å². The van der Waals surface area contributed by atoms with Gasteiger partial charge in [0.25, 0.3) is 0 Å². The SMILES string of the molecule is Cc1ccc(Sc2ccccc2NS(=O)(=O)O)c(C)c1. The van der Waals surface area contributed by atoms with Crippen LogP contribution in [-0.2, 0) is 10.3 Å². The van der Waals surface area contributed by atoms with Gasteiger partial charge in [0.1, 0.15) is 0 Å². The molecule has 2 rings (SSSR count). The zero-order chi connectivity index (χ0) is 14.8. The van der Waals surface area contributed by atoms with E-state index in [2.05, 4.69) is 10.8 Å². The monoisotopic (exact) mass is 309 g/mol. The highest BCUT2D eigenvalue weighted by molar-refractivity contribution is 7.99. The molecule has 0 fully saturated rings. The van der Waals surface area contributed by atoms with Crippen LogP contribution in [0.1, 0.15) is 11.1 Å². The van der Waals surface area contributed by atoms with Crippen LogP contribution < -0.4 is 4.72 Å². The molecule has 0 aliphatic rings. The van der Waals surface area contributed by atoms with Crippen LogP contribution in [0.5, 0.6) is 0 Å². The van der Waals surface area contributed by atoms with Gasteiger partial charge in [0.05, 0.1) is 5.69 Å². The van der Waals surface area contributed by atoms with Gasteiger partial charge in [-0.2, -0.15) is 8.42 Å². The summed E-state index contributed by atoms with van der Waals surface area (Å²) >= 11 is 1.45. The molecule has 0 amide bonds. The maximum Gasteiger partial charge on any atom is 0.357 e. The molecular formula is C14H15NO3S2. The Balaban J connectivity index is 2.34. The van der Waals surface area contributed by atoms with Crippen LogP contribution in [0.4, 0.5) is 5.69 Å². The van der Waals surface area contributed by atoms with Crippen LogP contribution in [0, 0.1) is 13.8 Å². The second-order valence-corrected chi connectivity index (χ2v) is 6.68. The zero-order valence-corrected chi connectivity index (χ0v) is 12.8. The molecule has 0 radical (unpaired) electrons. The van der Waals surface area contributed by atoms with Crippen LogP contribution in [0.25, 0.3) is 0 Å². The minimum atomic E-state index is -4.27. The van der Waals surface area contributed by atoms with Gasteiger partial charge >= 0.3 is 10.3 Å². The van der Waals surface area contributed by atoms with Gasteiger partial charge in [-0.3, -0.25) is 9.27 Å². The van der Waals surface area contributed by atoms with Gasteiger partial charge in [-0.05, 0) is 37.6 Å². The predicted molar refractivity (Wildman–Crippen MR) is 81.7 cm³/mol. The normalized spacial score (nSPS) is 11.3. The number of benzene rings is 2. The summed E-state index contributed by atoms with van der Waals surface area (Å²) in [5.41, 5.74) is 2.66. The molecule has 0 saturated carbocycles. The van der Waals surface area contributed by atoms with Crippen molar-refractivity contribution in [2.45, 2.75) is 23.6 Å². The Hall–Kier alpha value is -1.50. The Morgan fingerprint density at radius 1 is 1.05 bits per heavy atom. The molecule has 0 aliphatic carbocycles. The lowest BCUT2D eigenvalue weighted by molar-refractivity contribution is 0.489. The van der Waals surface area contributed by atoms with Gasteiger partial charge in [0, 0.05) is 9.79 Å². The largest absolute Gasteiger partial charge is 0.357 e. The van der Waals surface area contributed by atoms with Gasteiger partial charge < -0.3 is 0 Å². The maximum atomic E-state index is 11.0. The number of hydrogen-bond donors (Lipinski definition) is 2. The summed E-state index contributed by atoms with van der Waals surface area (Å²) in [6.07, 6.45) is 0. The number of rotatable bonds is 4. The van der Waals surface area contributed by atoms with E-state index in [1.54, 1.807) is 18.2 Å². The molecule has 0 unspecified atom stereocenters. The second kappa shape index (κ2) is 5.87. The van der Waals surface area contributed by atoms with Gasteiger partial charge in [0.2, 0.25) is 0 Å². The van der Waals surface area contributed by atoms with Gasteiger partial charge in [0.15, 0.2) is 0 Å². The molecule has 0 bridgehead atoms. The summed E-state index contributed by atoms with van der Waals surface area (Å²) in [4.78, 5) is 1.78. The number of anilines is 1. The molecule has 0 saturated heterocycles. The molecule has 6 heteroatoms. The lowest BCUT2D eigenvalue weighted by atomic mass is 10.2. The molecule has 2 aromatic rings. The van der Waals surface area contributed by atoms with Gasteiger partial charge in [-0.25, -0.2) is 0 Å². The highest BCUT2D eigenvalue weighted by Gasteiger charge is 2.10. The zero-order valence-electron chi connectivity index (χ0n) is 11.1. The Morgan fingerprint density at radius 2 is 1.75 bits per heavy atom. The van der Waals surface area contributed by atoms with Crippen molar-refractivity contribution in [1.82, 2.24) is 0 Å². The van der Waals surface area contributed by atoms with E-state index in [9.17, 15) is 8.42 Å². The highest BCUT2D eigenvalue weighted by Crippen LogP contribution is 2.35. The van der Waals surface area contributed by atoms with Crippen molar-refractivity contribution in [2.75, 3.05) is 4.72 Å². The lowest BCUT2D eigenvalue weighted by Crippen LogP contribution is -2.10. The third kappa shape index (κ3) is 4.00. The summed E-state index contributed by atoms with van der Waals surface area (Å²) in [6.45, 7) is 4.03. The Morgan fingerprint density at radius 3 is 2.40 bits per heavy atom. The predicted octanol–water partition coefficient (Wildman–Crippen LogP) is 3.67. The summed E-state index contributed by atoms with van der Waals surface area (Å²) < 4.78 is 32.9. The van der Waals surface area contributed by atoms with E-state index in [0.29, 0.717) is 5.69 Å². The summed E-state index contributed by atoms with van der Waals surface area (Å²) in [6, 6.07) is 13.0. The van der Waals surface area contributed by atoms with Crippen molar-refractivity contribution in [3.8, 4) is 0 Å². The molecular weight excluding hydrogens is 294 g/mol. The smallest absolute Gasteiger partial charge is 0.269 e. The summed E-state index contributed by atoms with van der Waals surface area (Å²) in [5.74, 6) is 0. The Bertz CT molecular complexity index is 727. The lowest BCUT2D eigenvalue weighted by Gasteiger charge is -2.11. The van der Waals surface area contributed by atoms with E-state index in [1.807, 2.05) is 32.0 Å². The standard InChI is InChI=1S/C14H15NO3S2/c1-10-7-8-13(11(2)9-10)19-14-6-4-3-5-12(14)15-20(16,17)18/h3-9,15H,1-2H3,(H,16,17,18). The summed E-state index contributed by atoms with van der Waals surface area (Å²) in [5, 5.41) is 0. The first kappa shape index (κ1) is 14.9. The van der Waals surface area contributed by atoms with Crippen molar-refractivity contribution in [1.29, 1.82) is 0 Å². The number of nitrogens with one attached hydrogen (secondary N) is 1.